The summed E-state index contributed by atoms with van der Waals surface area (Å²) in [5, 5.41) is 5.79. The molecule has 0 saturated carbocycles. The van der Waals surface area contributed by atoms with Crippen molar-refractivity contribution < 1.29 is 13.9 Å². The largest absolute Gasteiger partial charge is 0.480 e. The average molecular weight is 268 g/mol. The van der Waals surface area contributed by atoms with Crippen LogP contribution in [0.25, 0.3) is 0 Å². The maximum absolute atomic E-state index is 13.7. The van der Waals surface area contributed by atoms with Gasteiger partial charge in [0.05, 0.1) is 0 Å². The monoisotopic (exact) mass is 268 g/mol. The number of para-hydroxylation sites is 1. The van der Waals surface area contributed by atoms with Gasteiger partial charge in [0.15, 0.2) is 18.2 Å². The van der Waals surface area contributed by atoms with Crippen LogP contribution >= 0.6 is 0 Å². The van der Waals surface area contributed by atoms with Crippen molar-refractivity contribution in [1.82, 2.24) is 10.6 Å². The van der Waals surface area contributed by atoms with E-state index in [1.54, 1.807) is 12.1 Å². The Labute approximate surface area is 113 Å². The van der Waals surface area contributed by atoms with Crippen molar-refractivity contribution in [3.8, 4) is 5.75 Å². The molecule has 5 heteroatoms. The molecular weight excluding hydrogens is 247 g/mol. The Morgan fingerprint density at radius 3 is 2.84 bits per heavy atom. The highest BCUT2D eigenvalue weighted by atomic mass is 19.1. The number of ether oxygens (including phenoxy) is 1. The van der Waals surface area contributed by atoms with E-state index < -0.39 is 5.82 Å². The van der Waals surface area contributed by atoms with E-state index in [-0.39, 0.29) is 18.3 Å². The molecule has 0 fully saturated rings. The number of carbonyl (C=O) groups excluding carboxylic acids is 1. The molecule has 0 aliphatic rings. The molecule has 0 heterocycles. The highest BCUT2D eigenvalue weighted by molar-refractivity contribution is 5.77. The molecule has 106 valence electrons. The zero-order valence-electron chi connectivity index (χ0n) is 11.5. The molecule has 19 heavy (non-hydrogen) atoms. The third-order valence-electron chi connectivity index (χ3n) is 2.51. The van der Waals surface area contributed by atoms with Gasteiger partial charge in [-0.2, -0.15) is 0 Å². The minimum Gasteiger partial charge on any atom is -0.480 e. The highest BCUT2D eigenvalue weighted by Gasteiger charge is 2.11. The van der Waals surface area contributed by atoms with Gasteiger partial charge in [-0.15, -0.1) is 0 Å². The summed E-state index contributed by atoms with van der Waals surface area (Å²) < 4.78 is 19.0. The van der Waals surface area contributed by atoms with Crippen molar-refractivity contribution in [3.05, 3.63) is 29.6 Å². The molecular formula is C14H21FN2O2. The summed E-state index contributed by atoms with van der Waals surface area (Å²) in [6.07, 6.45) is 1.00. The Morgan fingerprint density at radius 1 is 1.37 bits per heavy atom. The van der Waals surface area contributed by atoms with Crippen molar-refractivity contribution in [2.24, 2.45) is 0 Å². The van der Waals surface area contributed by atoms with Crippen LogP contribution in [0.2, 0.25) is 0 Å². The molecule has 0 aromatic heterocycles. The fraction of sp³-hybridized carbons (Fsp3) is 0.500. The maximum atomic E-state index is 13.7. The van der Waals surface area contributed by atoms with Crippen molar-refractivity contribution in [2.45, 2.75) is 26.8 Å². The SMILES string of the molecule is CCCNCc1cccc(F)c1OCC(=O)NCC. The number of hydrogen-bond donors (Lipinski definition) is 2. The zero-order chi connectivity index (χ0) is 14.1. The summed E-state index contributed by atoms with van der Waals surface area (Å²) >= 11 is 0. The second-order valence-corrected chi connectivity index (χ2v) is 4.15. The molecule has 1 amide bonds. The van der Waals surface area contributed by atoms with Crippen LogP contribution in [-0.2, 0) is 11.3 Å². The van der Waals surface area contributed by atoms with Crippen molar-refractivity contribution >= 4 is 5.91 Å². The molecule has 4 nitrogen and oxygen atoms in total. The lowest BCUT2D eigenvalue weighted by Gasteiger charge is -2.12. The first-order chi connectivity index (χ1) is 9.19. The van der Waals surface area contributed by atoms with E-state index in [2.05, 4.69) is 17.6 Å². The number of halogens is 1. The zero-order valence-corrected chi connectivity index (χ0v) is 11.5. The first kappa shape index (κ1) is 15.4. The molecule has 0 saturated heterocycles. The molecule has 0 radical (unpaired) electrons. The van der Waals surface area contributed by atoms with E-state index >= 15 is 0 Å². The Bertz CT molecular complexity index is 410. The Kier molecular flexibility index (Phi) is 6.89. The predicted molar refractivity (Wildman–Crippen MR) is 72.6 cm³/mol. The summed E-state index contributed by atoms with van der Waals surface area (Å²) in [4.78, 5) is 11.3. The summed E-state index contributed by atoms with van der Waals surface area (Å²) in [5.74, 6) is -0.546. The second kappa shape index (κ2) is 8.48. The van der Waals surface area contributed by atoms with Crippen LogP contribution < -0.4 is 15.4 Å². The van der Waals surface area contributed by atoms with Gasteiger partial charge in [0.25, 0.3) is 5.91 Å². The van der Waals surface area contributed by atoms with Gasteiger partial charge in [-0.25, -0.2) is 4.39 Å². The first-order valence-corrected chi connectivity index (χ1v) is 6.56. The molecule has 0 atom stereocenters. The van der Waals surface area contributed by atoms with E-state index in [4.69, 9.17) is 4.74 Å². The number of hydrogen-bond acceptors (Lipinski definition) is 3. The van der Waals surface area contributed by atoms with Gasteiger partial charge in [-0.3, -0.25) is 4.79 Å². The van der Waals surface area contributed by atoms with Gasteiger partial charge in [-0.05, 0) is 26.0 Å². The maximum Gasteiger partial charge on any atom is 0.257 e. The van der Waals surface area contributed by atoms with Crippen molar-refractivity contribution in [3.63, 3.8) is 0 Å². The number of benzene rings is 1. The minimum absolute atomic E-state index is 0.150. The fourth-order valence-electron chi connectivity index (χ4n) is 1.64. The van der Waals surface area contributed by atoms with Crippen LogP contribution in [-0.4, -0.2) is 25.6 Å². The van der Waals surface area contributed by atoms with E-state index in [0.29, 0.717) is 13.1 Å². The van der Waals surface area contributed by atoms with E-state index in [0.717, 1.165) is 18.5 Å². The fourth-order valence-corrected chi connectivity index (χ4v) is 1.64. The number of likely N-dealkylation sites (N-methyl/N-ethyl adjacent to an activating group) is 1. The van der Waals surface area contributed by atoms with Crippen LogP contribution in [0.3, 0.4) is 0 Å². The van der Waals surface area contributed by atoms with Gasteiger partial charge in [0, 0.05) is 18.7 Å². The van der Waals surface area contributed by atoms with Gasteiger partial charge < -0.3 is 15.4 Å². The van der Waals surface area contributed by atoms with Crippen molar-refractivity contribution in [2.75, 3.05) is 19.7 Å². The van der Waals surface area contributed by atoms with Gasteiger partial charge in [-0.1, -0.05) is 19.1 Å². The first-order valence-electron chi connectivity index (χ1n) is 6.56. The molecule has 1 aromatic rings. The summed E-state index contributed by atoms with van der Waals surface area (Å²) in [5.41, 5.74) is 0.720. The Morgan fingerprint density at radius 2 is 2.16 bits per heavy atom. The lowest BCUT2D eigenvalue weighted by molar-refractivity contribution is -0.123. The summed E-state index contributed by atoms with van der Waals surface area (Å²) in [6.45, 7) is 5.62. The smallest absolute Gasteiger partial charge is 0.257 e. The Hall–Kier alpha value is -1.62. The van der Waals surface area contributed by atoms with Crippen LogP contribution in [0.1, 0.15) is 25.8 Å². The third-order valence-corrected chi connectivity index (χ3v) is 2.51. The van der Waals surface area contributed by atoms with Crippen molar-refractivity contribution in [1.29, 1.82) is 0 Å². The average Bonchev–Trinajstić information content (AvgIpc) is 2.38. The molecule has 0 unspecified atom stereocenters. The molecule has 0 aliphatic carbocycles. The normalized spacial score (nSPS) is 10.3. The lowest BCUT2D eigenvalue weighted by Crippen LogP contribution is -2.29. The van der Waals surface area contributed by atoms with Gasteiger partial charge >= 0.3 is 0 Å². The van der Waals surface area contributed by atoms with Gasteiger partial charge in [0.2, 0.25) is 0 Å². The molecule has 0 bridgehead atoms. The summed E-state index contributed by atoms with van der Waals surface area (Å²) in [7, 11) is 0. The van der Waals surface area contributed by atoms with Gasteiger partial charge in [0.1, 0.15) is 0 Å². The summed E-state index contributed by atoms with van der Waals surface area (Å²) in [6, 6.07) is 4.76. The molecule has 0 spiro atoms. The topological polar surface area (TPSA) is 50.4 Å². The van der Waals surface area contributed by atoms with Crippen LogP contribution in [0, 0.1) is 5.82 Å². The van der Waals surface area contributed by atoms with E-state index in [1.807, 2.05) is 6.92 Å². The lowest BCUT2D eigenvalue weighted by atomic mass is 10.2. The molecule has 0 aliphatic heterocycles. The third kappa shape index (κ3) is 5.26. The number of amides is 1. The highest BCUT2D eigenvalue weighted by Crippen LogP contribution is 2.22. The number of rotatable bonds is 8. The molecule has 2 N–H and O–H groups in total. The second-order valence-electron chi connectivity index (χ2n) is 4.15. The predicted octanol–water partition coefficient (Wildman–Crippen LogP) is 1.84. The Balaban J connectivity index is 2.66. The van der Waals surface area contributed by atoms with Crippen LogP contribution in [0.15, 0.2) is 18.2 Å². The quantitative estimate of drug-likeness (QED) is 0.707. The van der Waals surface area contributed by atoms with E-state index in [1.165, 1.54) is 6.07 Å². The molecule has 1 aromatic carbocycles. The number of nitrogens with one attached hydrogen (secondary N) is 2. The standard InChI is InChI=1S/C14H21FN2O2/c1-3-8-16-9-11-6-5-7-12(15)14(11)19-10-13(18)17-4-2/h5-7,16H,3-4,8-10H2,1-2H3,(H,17,18). The van der Waals surface area contributed by atoms with E-state index in [9.17, 15) is 9.18 Å². The number of carbonyl (C=O) groups is 1. The van der Waals surface area contributed by atoms with Crippen LogP contribution in [0.4, 0.5) is 4.39 Å². The van der Waals surface area contributed by atoms with Crippen LogP contribution in [0.5, 0.6) is 5.75 Å². The molecule has 1 rings (SSSR count). The minimum atomic E-state index is -0.444.